The summed E-state index contributed by atoms with van der Waals surface area (Å²) < 4.78 is 0. The van der Waals surface area contributed by atoms with Gasteiger partial charge < -0.3 is 11.1 Å². The highest BCUT2D eigenvalue weighted by Gasteiger charge is 2.21. The summed E-state index contributed by atoms with van der Waals surface area (Å²) in [5.41, 5.74) is 7.10. The SMILES string of the molecule is CCc1sc(C(=O)NCC(N)(CC)CC)cc1C.Cl. The zero-order valence-corrected chi connectivity index (χ0v) is 13.8. The van der Waals surface area contributed by atoms with Crippen LogP contribution in [0, 0.1) is 6.92 Å². The van der Waals surface area contributed by atoms with Crippen molar-refractivity contribution in [1.82, 2.24) is 5.32 Å². The van der Waals surface area contributed by atoms with E-state index in [9.17, 15) is 4.79 Å². The van der Waals surface area contributed by atoms with Gasteiger partial charge in [-0.25, -0.2) is 0 Å². The predicted molar refractivity (Wildman–Crippen MR) is 85.5 cm³/mol. The molecule has 5 heteroatoms. The van der Waals surface area contributed by atoms with Crippen LogP contribution < -0.4 is 11.1 Å². The fraction of sp³-hybridized carbons (Fsp3) is 0.643. The van der Waals surface area contributed by atoms with Crippen LogP contribution in [0.25, 0.3) is 0 Å². The van der Waals surface area contributed by atoms with Crippen LogP contribution >= 0.6 is 23.7 Å². The summed E-state index contributed by atoms with van der Waals surface area (Å²) >= 11 is 1.58. The molecule has 1 rings (SSSR count). The van der Waals surface area contributed by atoms with Crippen molar-refractivity contribution in [3.05, 3.63) is 21.4 Å². The van der Waals surface area contributed by atoms with Crippen molar-refractivity contribution >= 4 is 29.7 Å². The second-order valence-electron chi connectivity index (χ2n) is 4.82. The molecule has 1 heterocycles. The zero-order valence-electron chi connectivity index (χ0n) is 12.2. The summed E-state index contributed by atoms with van der Waals surface area (Å²) in [7, 11) is 0. The Morgan fingerprint density at radius 3 is 2.37 bits per heavy atom. The summed E-state index contributed by atoms with van der Waals surface area (Å²) in [4.78, 5) is 14.1. The first-order valence-electron chi connectivity index (χ1n) is 6.62. The molecule has 0 atom stereocenters. The van der Waals surface area contributed by atoms with Crippen molar-refractivity contribution in [1.29, 1.82) is 0 Å². The molecule has 0 spiro atoms. The highest BCUT2D eigenvalue weighted by atomic mass is 35.5. The molecular weight excluding hydrogens is 280 g/mol. The summed E-state index contributed by atoms with van der Waals surface area (Å²) in [6.45, 7) is 8.81. The summed E-state index contributed by atoms with van der Waals surface area (Å²) in [5, 5.41) is 2.95. The van der Waals surface area contributed by atoms with Gasteiger partial charge in [0.2, 0.25) is 0 Å². The Labute approximate surface area is 126 Å². The van der Waals surface area contributed by atoms with E-state index in [1.165, 1.54) is 10.4 Å². The van der Waals surface area contributed by atoms with Gasteiger partial charge in [0, 0.05) is 17.0 Å². The zero-order chi connectivity index (χ0) is 13.8. The second-order valence-corrected chi connectivity index (χ2v) is 5.96. The molecule has 0 radical (unpaired) electrons. The van der Waals surface area contributed by atoms with E-state index >= 15 is 0 Å². The molecule has 0 aromatic carbocycles. The minimum absolute atomic E-state index is 0. The molecule has 1 amide bonds. The fourth-order valence-electron chi connectivity index (χ4n) is 1.83. The molecule has 19 heavy (non-hydrogen) atoms. The van der Waals surface area contributed by atoms with E-state index in [2.05, 4.69) is 33.0 Å². The van der Waals surface area contributed by atoms with Gasteiger partial charge in [-0.2, -0.15) is 0 Å². The maximum absolute atomic E-state index is 12.0. The highest BCUT2D eigenvalue weighted by Crippen LogP contribution is 2.22. The highest BCUT2D eigenvalue weighted by molar-refractivity contribution is 7.14. The molecule has 0 saturated heterocycles. The van der Waals surface area contributed by atoms with Gasteiger partial charge in [-0.15, -0.1) is 23.7 Å². The molecule has 0 unspecified atom stereocenters. The predicted octanol–water partition coefficient (Wildman–Crippen LogP) is 3.29. The number of nitrogens with one attached hydrogen (secondary N) is 1. The smallest absolute Gasteiger partial charge is 0.261 e. The molecule has 1 aromatic rings. The number of hydrogen-bond donors (Lipinski definition) is 2. The van der Waals surface area contributed by atoms with Gasteiger partial charge in [0.15, 0.2) is 0 Å². The third kappa shape index (κ3) is 4.79. The van der Waals surface area contributed by atoms with E-state index in [1.807, 2.05) is 6.07 Å². The van der Waals surface area contributed by atoms with Crippen LogP contribution in [-0.2, 0) is 6.42 Å². The van der Waals surface area contributed by atoms with Crippen LogP contribution in [0.5, 0.6) is 0 Å². The van der Waals surface area contributed by atoms with Gasteiger partial charge >= 0.3 is 0 Å². The molecule has 3 N–H and O–H groups in total. The Balaban J connectivity index is 0.00000324. The maximum atomic E-state index is 12.0. The molecule has 0 saturated carbocycles. The lowest BCUT2D eigenvalue weighted by molar-refractivity contribution is 0.0946. The van der Waals surface area contributed by atoms with E-state index in [1.54, 1.807) is 11.3 Å². The van der Waals surface area contributed by atoms with Crippen molar-refractivity contribution in [2.45, 2.75) is 52.5 Å². The number of amides is 1. The van der Waals surface area contributed by atoms with E-state index in [0.29, 0.717) is 6.54 Å². The largest absolute Gasteiger partial charge is 0.349 e. The van der Waals surface area contributed by atoms with Crippen molar-refractivity contribution in [3.8, 4) is 0 Å². The number of thiophene rings is 1. The molecule has 0 fully saturated rings. The van der Waals surface area contributed by atoms with Gasteiger partial charge in [-0.3, -0.25) is 4.79 Å². The lowest BCUT2D eigenvalue weighted by Gasteiger charge is -2.26. The van der Waals surface area contributed by atoms with Crippen LogP contribution in [-0.4, -0.2) is 18.0 Å². The lowest BCUT2D eigenvalue weighted by Crippen LogP contribution is -2.49. The maximum Gasteiger partial charge on any atom is 0.261 e. The fourth-order valence-corrected chi connectivity index (χ4v) is 2.86. The topological polar surface area (TPSA) is 55.1 Å². The molecule has 110 valence electrons. The monoisotopic (exact) mass is 304 g/mol. The third-order valence-electron chi connectivity index (χ3n) is 3.57. The second kappa shape index (κ2) is 7.88. The minimum atomic E-state index is -0.282. The van der Waals surface area contributed by atoms with Gasteiger partial charge in [-0.1, -0.05) is 20.8 Å². The number of nitrogens with two attached hydrogens (primary N) is 1. The number of carbonyl (C=O) groups excluding carboxylic acids is 1. The number of aryl methyl sites for hydroxylation is 2. The van der Waals surface area contributed by atoms with Gasteiger partial charge in [0.25, 0.3) is 5.91 Å². The molecule has 0 bridgehead atoms. The number of hydrogen-bond acceptors (Lipinski definition) is 3. The molecule has 0 aliphatic carbocycles. The van der Waals surface area contributed by atoms with Gasteiger partial charge in [0.1, 0.15) is 0 Å². The Morgan fingerprint density at radius 1 is 1.37 bits per heavy atom. The van der Waals surface area contributed by atoms with Crippen molar-refractivity contribution in [2.24, 2.45) is 5.73 Å². The number of rotatable bonds is 6. The van der Waals surface area contributed by atoms with E-state index < -0.39 is 0 Å². The third-order valence-corrected chi connectivity index (χ3v) is 4.95. The molecular formula is C14H25ClN2OS. The Hall–Kier alpha value is -0.580. The van der Waals surface area contributed by atoms with Crippen molar-refractivity contribution in [3.63, 3.8) is 0 Å². The van der Waals surface area contributed by atoms with E-state index in [0.717, 1.165) is 24.1 Å². The minimum Gasteiger partial charge on any atom is -0.349 e. The van der Waals surface area contributed by atoms with Crippen LogP contribution in [0.4, 0.5) is 0 Å². The first-order chi connectivity index (χ1) is 8.45. The average molecular weight is 305 g/mol. The van der Waals surface area contributed by atoms with Crippen molar-refractivity contribution < 1.29 is 4.79 Å². The Morgan fingerprint density at radius 2 is 1.95 bits per heavy atom. The molecule has 1 aromatic heterocycles. The number of halogens is 1. The normalized spacial score (nSPS) is 11.0. The van der Waals surface area contributed by atoms with Crippen molar-refractivity contribution in [2.75, 3.05) is 6.54 Å². The molecule has 0 aliphatic rings. The first-order valence-corrected chi connectivity index (χ1v) is 7.43. The lowest BCUT2D eigenvalue weighted by atomic mass is 9.94. The molecule has 0 aliphatic heterocycles. The standard InChI is InChI=1S/C14H24N2OS.ClH/c1-5-11-10(4)8-12(18-11)13(17)16-9-14(15,6-2)7-3;/h8H,5-7,9,15H2,1-4H3,(H,16,17);1H. The average Bonchev–Trinajstić information content (AvgIpc) is 2.77. The Kier molecular flexibility index (Phi) is 7.64. The van der Waals surface area contributed by atoms with Crippen LogP contribution in [0.1, 0.15) is 53.7 Å². The van der Waals surface area contributed by atoms with Gasteiger partial charge in [0.05, 0.1) is 4.88 Å². The van der Waals surface area contributed by atoms with Crippen LogP contribution in [0.2, 0.25) is 0 Å². The quantitative estimate of drug-likeness (QED) is 0.847. The first kappa shape index (κ1) is 18.4. The number of carbonyl (C=O) groups is 1. The van der Waals surface area contributed by atoms with E-state index in [4.69, 9.17) is 5.73 Å². The summed E-state index contributed by atoms with van der Waals surface area (Å²) in [6, 6.07) is 1.97. The summed E-state index contributed by atoms with van der Waals surface area (Å²) in [5.74, 6) is -0.000440. The van der Waals surface area contributed by atoms with Crippen LogP contribution in [0.15, 0.2) is 6.07 Å². The van der Waals surface area contributed by atoms with Gasteiger partial charge in [-0.05, 0) is 37.8 Å². The van der Waals surface area contributed by atoms with E-state index in [-0.39, 0.29) is 23.9 Å². The molecule has 3 nitrogen and oxygen atoms in total. The summed E-state index contributed by atoms with van der Waals surface area (Å²) in [6.07, 6.45) is 2.72. The Bertz CT molecular complexity index is 414. The van der Waals surface area contributed by atoms with Crippen LogP contribution in [0.3, 0.4) is 0 Å².